The third kappa shape index (κ3) is 4.59. The molecule has 0 aliphatic heterocycles. The van der Waals surface area contributed by atoms with Gasteiger partial charge < -0.3 is 10.5 Å². The van der Waals surface area contributed by atoms with Crippen LogP contribution in [0.4, 0.5) is 4.39 Å². The second-order valence-corrected chi connectivity index (χ2v) is 5.08. The lowest BCUT2D eigenvalue weighted by molar-refractivity contribution is 0.304. The van der Waals surface area contributed by atoms with Crippen LogP contribution in [-0.4, -0.2) is 6.04 Å². The Kier molecular flexibility index (Phi) is 4.91. The van der Waals surface area contributed by atoms with E-state index < -0.39 is 0 Å². The fraction of sp³-hybridized carbons (Fsp3) is 0.235. The molecule has 0 aliphatic carbocycles. The van der Waals surface area contributed by atoms with Gasteiger partial charge in [0.2, 0.25) is 0 Å². The van der Waals surface area contributed by atoms with E-state index in [0.717, 1.165) is 11.1 Å². The molecule has 4 heteroatoms. The fourth-order valence-electron chi connectivity index (χ4n) is 2.09. The Morgan fingerprint density at radius 1 is 1.24 bits per heavy atom. The molecule has 0 saturated heterocycles. The van der Waals surface area contributed by atoms with E-state index >= 15 is 0 Å². The Balaban J connectivity index is 2.09. The monoisotopic (exact) mass is 284 g/mol. The van der Waals surface area contributed by atoms with E-state index in [0.29, 0.717) is 17.7 Å². The molecule has 2 aromatic carbocycles. The zero-order valence-electron chi connectivity index (χ0n) is 11.8. The van der Waals surface area contributed by atoms with Crippen molar-refractivity contribution in [3.8, 4) is 11.8 Å². The first kappa shape index (κ1) is 15.0. The predicted molar refractivity (Wildman–Crippen MR) is 79.2 cm³/mol. The van der Waals surface area contributed by atoms with Crippen molar-refractivity contribution in [2.24, 2.45) is 5.73 Å². The molecule has 0 saturated carbocycles. The minimum absolute atomic E-state index is 0.0352. The van der Waals surface area contributed by atoms with Gasteiger partial charge in [-0.1, -0.05) is 12.1 Å². The largest absolute Gasteiger partial charge is 0.489 e. The molecule has 2 N–H and O–H groups in total. The number of hydrogen-bond donors (Lipinski definition) is 1. The van der Waals surface area contributed by atoms with Gasteiger partial charge in [0.25, 0.3) is 0 Å². The van der Waals surface area contributed by atoms with Gasteiger partial charge in [-0.3, -0.25) is 0 Å². The van der Waals surface area contributed by atoms with Gasteiger partial charge in [-0.05, 0) is 48.7 Å². The van der Waals surface area contributed by atoms with Crippen molar-refractivity contribution in [1.29, 1.82) is 5.26 Å². The van der Waals surface area contributed by atoms with Gasteiger partial charge in [0.15, 0.2) is 0 Å². The van der Waals surface area contributed by atoms with Crippen LogP contribution >= 0.6 is 0 Å². The third-order valence-corrected chi connectivity index (χ3v) is 2.95. The number of halogens is 1. The van der Waals surface area contributed by atoms with E-state index in [4.69, 9.17) is 15.7 Å². The lowest BCUT2D eigenvalue weighted by Gasteiger charge is -2.10. The zero-order valence-corrected chi connectivity index (χ0v) is 11.8. The normalized spacial score (nSPS) is 11.7. The smallest absolute Gasteiger partial charge is 0.127 e. The first-order valence-corrected chi connectivity index (χ1v) is 6.73. The molecule has 2 rings (SSSR count). The average molecular weight is 284 g/mol. The first-order chi connectivity index (χ1) is 10.1. The average Bonchev–Trinajstić information content (AvgIpc) is 2.44. The van der Waals surface area contributed by atoms with Crippen LogP contribution in [0.5, 0.6) is 5.75 Å². The van der Waals surface area contributed by atoms with Crippen LogP contribution < -0.4 is 10.5 Å². The van der Waals surface area contributed by atoms with Gasteiger partial charge in [-0.15, -0.1) is 0 Å². The van der Waals surface area contributed by atoms with Gasteiger partial charge >= 0.3 is 0 Å². The minimum Gasteiger partial charge on any atom is -0.489 e. The molecular weight excluding hydrogens is 267 g/mol. The van der Waals surface area contributed by atoms with Crippen molar-refractivity contribution >= 4 is 0 Å². The van der Waals surface area contributed by atoms with Gasteiger partial charge in [0.05, 0.1) is 11.6 Å². The molecule has 1 atom stereocenters. The highest BCUT2D eigenvalue weighted by Crippen LogP contribution is 2.19. The number of ether oxygens (including phenoxy) is 1. The first-order valence-electron chi connectivity index (χ1n) is 6.73. The summed E-state index contributed by atoms with van der Waals surface area (Å²) in [6, 6.07) is 13.8. The molecule has 0 bridgehead atoms. The van der Waals surface area contributed by atoms with E-state index in [9.17, 15) is 4.39 Å². The molecule has 0 amide bonds. The number of nitriles is 1. The van der Waals surface area contributed by atoms with Crippen LogP contribution in [0.3, 0.4) is 0 Å². The molecule has 2 aromatic rings. The molecule has 1 unspecified atom stereocenters. The number of hydrogen-bond acceptors (Lipinski definition) is 3. The van der Waals surface area contributed by atoms with Crippen molar-refractivity contribution in [3.05, 3.63) is 65.0 Å². The van der Waals surface area contributed by atoms with Crippen molar-refractivity contribution in [2.75, 3.05) is 0 Å². The van der Waals surface area contributed by atoms with Crippen LogP contribution in [-0.2, 0) is 13.0 Å². The molecule has 0 aliphatic rings. The number of nitrogens with zero attached hydrogens (tertiary/aromatic N) is 1. The summed E-state index contributed by atoms with van der Waals surface area (Å²) in [5.74, 6) is 0.127. The van der Waals surface area contributed by atoms with E-state index in [1.165, 1.54) is 12.1 Å². The molecular formula is C17H17FN2O. The second-order valence-electron chi connectivity index (χ2n) is 5.08. The highest BCUT2D eigenvalue weighted by Gasteiger charge is 2.05. The van der Waals surface area contributed by atoms with Crippen LogP contribution in [0.2, 0.25) is 0 Å². The minimum atomic E-state index is -0.339. The summed E-state index contributed by atoms with van der Waals surface area (Å²) in [4.78, 5) is 0. The molecule has 0 heterocycles. The maximum atomic E-state index is 13.6. The summed E-state index contributed by atoms with van der Waals surface area (Å²) >= 11 is 0. The van der Waals surface area contributed by atoms with E-state index in [-0.39, 0.29) is 18.5 Å². The standard InChI is InChI=1S/C17H17FN2O/c1-12(20)5-15-7-16(18)9-17(8-15)21-11-14-4-2-3-13(6-14)10-19/h2-4,6-9,12H,5,11,20H2,1H3. The highest BCUT2D eigenvalue weighted by molar-refractivity contribution is 5.34. The summed E-state index contributed by atoms with van der Waals surface area (Å²) in [7, 11) is 0. The Labute approximate surface area is 123 Å². The number of nitrogens with two attached hydrogens (primary N) is 1. The van der Waals surface area contributed by atoms with Crippen LogP contribution in [0.25, 0.3) is 0 Å². The Morgan fingerprint density at radius 2 is 2.05 bits per heavy atom. The van der Waals surface area contributed by atoms with Crippen molar-refractivity contribution in [1.82, 2.24) is 0 Å². The molecule has 0 radical (unpaired) electrons. The fourth-order valence-corrected chi connectivity index (χ4v) is 2.09. The van der Waals surface area contributed by atoms with Crippen molar-refractivity contribution in [3.63, 3.8) is 0 Å². The third-order valence-electron chi connectivity index (χ3n) is 2.95. The van der Waals surface area contributed by atoms with Crippen LogP contribution in [0, 0.1) is 17.1 Å². The second kappa shape index (κ2) is 6.87. The summed E-state index contributed by atoms with van der Waals surface area (Å²) in [6.45, 7) is 2.16. The lowest BCUT2D eigenvalue weighted by Crippen LogP contribution is -2.17. The van der Waals surface area contributed by atoms with Crippen LogP contribution in [0.1, 0.15) is 23.6 Å². The summed E-state index contributed by atoms with van der Waals surface area (Å²) in [6.07, 6.45) is 0.595. The summed E-state index contributed by atoms with van der Waals surface area (Å²) in [5.41, 5.74) is 7.98. The quantitative estimate of drug-likeness (QED) is 0.917. The maximum absolute atomic E-state index is 13.6. The SMILES string of the molecule is CC(N)Cc1cc(F)cc(OCc2cccc(C#N)c2)c1. The van der Waals surface area contributed by atoms with Gasteiger partial charge in [0.1, 0.15) is 18.2 Å². The molecule has 3 nitrogen and oxygen atoms in total. The topological polar surface area (TPSA) is 59.0 Å². The molecule has 0 spiro atoms. The highest BCUT2D eigenvalue weighted by atomic mass is 19.1. The van der Waals surface area contributed by atoms with Gasteiger partial charge in [0, 0.05) is 12.1 Å². The van der Waals surface area contributed by atoms with Crippen molar-refractivity contribution in [2.45, 2.75) is 26.0 Å². The molecule has 0 aromatic heterocycles. The van der Waals surface area contributed by atoms with Crippen LogP contribution in [0.15, 0.2) is 42.5 Å². The maximum Gasteiger partial charge on any atom is 0.127 e. The zero-order chi connectivity index (χ0) is 15.2. The molecule has 108 valence electrons. The van der Waals surface area contributed by atoms with Crippen molar-refractivity contribution < 1.29 is 9.13 Å². The molecule has 0 fully saturated rings. The summed E-state index contributed by atoms with van der Waals surface area (Å²) < 4.78 is 19.2. The number of rotatable bonds is 5. The van der Waals surface area contributed by atoms with E-state index in [1.54, 1.807) is 24.3 Å². The van der Waals surface area contributed by atoms with Gasteiger partial charge in [-0.2, -0.15) is 5.26 Å². The van der Waals surface area contributed by atoms with E-state index in [1.807, 2.05) is 13.0 Å². The lowest BCUT2D eigenvalue weighted by atomic mass is 10.1. The van der Waals surface area contributed by atoms with E-state index in [2.05, 4.69) is 6.07 Å². The van der Waals surface area contributed by atoms with Gasteiger partial charge in [-0.25, -0.2) is 4.39 Å². The summed E-state index contributed by atoms with van der Waals surface area (Å²) in [5, 5.41) is 8.85. The predicted octanol–water partition coefficient (Wildman–Crippen LogP) is 3.17. The molecule has 21 heavy (non-hydrogen) atoms. The Bertz CT molecular complexity index is 662. The number of benzene rings is 2. The Morgan fingerprint density at radius 3 is 2.76 bits per heavy atom. The Hall–Kier alpha value is -2.38.